The van der Waals surface area contributed by atoms with Gasteiger partial charge >= 0.3 is 0 Å². The summed E-state index contributed by atoms with van der Waals surface area (Å²) in [7, 11) is 0. The first-order valence-electron chi connectivity index (χ1n) is 10.6. The Bertz CT molecular complexity index is 608. The molecule has 1 nitrogen and oxygen atoms in total. The maximum absolute atomic E-state index is 8.94. The van der Waals surface area contributed by atoms with Crippen molar-refractivity contribution >= 4 is 0 Å². The van der Waals surface area contributed by atoms with Crippen LogP contribution in [-0.4, -0.2) is 0 Å². The number of nitrogens with zero attached hydrogens (tertiary/aromatic N) is 1. The van der Waals surface area contributed by atoms with Crippen LogP contribution >= 0.6 is 0 Å². The van der Waals surface area contributed by atoms with Gasteiger partial charge in [0.15, 0.2) is 0 Å². The Morgan fingerprint density at radius 3 is 1.85 bits per heavy atom. The van der Waals surface area contributed by atoms with Gasteiger partial charge in [0.25, 0.3) is 0 Å². The molecule has 152 valence electrons. The van der Waals surface area contributed by atoms with Crippen LogP contribution in [0.2, 0.25) is 0 Å². The molecule has 0 saturated heterocycles. The van der Waals surface area contributed by atoms with Gasteiger partial charge in [-0.3, -0.25) is 0 Å². The van der Waals surface area contributed by atoms with Gasteiger partial charge in [0.05, 0.1) is 6.07 Å². The lowest BCUT2D eigenvalue weighted by molar-refractivity contribution is 0.0367. The fourth-order valence-corrected chi connectivity index (χ4v) is 4.05. The number of benzene rings is 1. The lowest BCUT2D eigenvalue weighted by Gasteiger charge is -2.50. The van der Waals surface area contributed by atoms with Crippen molar-refractivity contribution in [1.82, 2.24) is 0 Å². The molecular formula is C26H43N. The molecule has 27 heavy (non-hydrogen) atoms. The van der Waals surface area contributed by atoms with Gasteiger partial charge in [-0.1, -0.05) is 92.6 Å². The molecule has 0 aliphatic rings. The third-order valence-corrected chi connectivity index (χ3v) is 6.97. The second-order valence-corrected chi connectivity index (χ2v) is 11.7. The Morgan fingerprint density at radius 2 is 1.37 bits per heavy atom. The van der Waals surface area contributed by atoms with Gasteiger partial charge in [-0.25, -0.2) is 0 Å². The molecule has 0 bridgehead atoms. The summed E-state index contributed by atoms with van der Waals surface area (Å²) in [5, 5.41) is 8.94. The number of rotatable bonds is 9. The molecule has 1 unspecified atom stereocenters. The second kappa shape index (κ2) is 8.81. The molecule has 0 radical (unpaired) electrons. The minimum Gasteiger partial charge on any atom is -0.198 e. The van der Waals surface area contributed by atoms with Crippen LogP contribution in [0.1, 0.15) is 106 Å². The molecule has 1 heteroatoms. The molecule has 0 N–H and O–H groups in total. The molecule has 0 saturated carbocycles. The fourth-order valence-electron chi connectivity index (χ4n) is 4.05. The van der Waals surface area contributed by atoms with E-state index in [2.05, 4.69) is 98.7 Å². The van der Waals surface area contributed by atoms with Gasteiger partial charge in [-0.05, 0) is 58.8 Å². The Hall–Kier alpha value is -1.29. The summed E-state index contributed by atoms with van der Waals surface area (Å²) in [5.41, 5.74) is 2.37. The quantitative estimate of drug-likeness (QED) is 0.429. The standard InChI is InChI=1S/C26H43N/c1-23(2,3)20-22(21-14-11-10-12-15-21)26(8,9)25(6,7)18-17-24(4,5)16-13-19-27/h10-12,14-15,22H,13,16-18,20H2,1-9H3. The van der Waals surface area contributed by atoms with Gasteiger partial charge in [0, 0.05) is 6.42 Å². The summed E-state index contributed by atoms with van der Waals surface area (Å²) in [5.74, 6) is 0.524. The predicted molar refractivity (Wildman–Crippen MR) is 119 cm³/mol. The highest BCUT2D eigenvalue weighted by Gasteiger charge is 2.44. The first kappa shape index (κ1) is 23.7. The molecule has 0 fully saturated rings. The minimum atomic E-state index is 0.174. The average molecular weight is 370 g/mol. The molecule has 1 aromatic carbocycles. The van der Waals surface area contributed by atoms with E-state index in [-0.39, 0.29) is 16.2 Å². The van der Waals surface area contributed by atoms with Crippen molar-refractivity contribution in [3.05, 3.63) is 35.9 Å². The first-order valence-corrected chi connectivity index (χ1v) is 10.6. The zero-order valence-electron chi connectivity index (χ0n) is 19.4. The van der Waals surface area contributed by atoms with Crippen molar-refractivity contribution in [2.45, 2.75) is 100 Å². The summed E-state index contributed by atoms with van der Waals surface area (Å²) < 4.78 is 0. The van der Waals surface area contributed by atoms with E-state index in [4.69, 9.17) is 5.26 Å². The van der Waals surface area contributed by atoms with Crippen LogP contribution in [0.25, 0.3) is 0 Å². The minimum absolute atomic E-state index is 0.174. The third kappa shape index (κ3) is 6.99. The van der Waals surface area contributed by atoms with Crippen molar-refractivity contribution in [2.75, 3.05) is 0 Å². The Labute approximate surface area is 169 Å². The monoisotopic (exact) mass is 369 g/mol. The highest BCUT2D eigenvalue weighted by Crippen LogP contribution is 2.55. The van der Waals surface area contributed by atoms with Crippen LogP contribution < -0.4 is 0 Å². The van der Waals surface area contributed by atoms with Crippen molar-refractivity contribution in [3.8, 4) is 6.07 Å². The van der Waals surface area contributed by atoms with Crippen LogP contribution in [0.3, 0.4) is 0 Å². The molecule has 0 spiro atoms. The summed E-state index contributed by atoms with van der Waals surface area (Å²) in [6.07, 6.45) is 5.19. The molecule has 0 aliphatic heterocycles. The second-order valence-electron chi connectivity index (χ2n) is 11.7. The van der Waals surface area contributed by atoms with E-state index < -0.39 is 0 Å². The van der Waals surface area contributed by atoms with Crippen molar-refractivity contribution in [3.63, 3.8) is 0 Å². The largest absolute Gasteiger partial charge is 0.198 e. The first-order chi connectivity index (χ1) is 12.2. The molecule has 0 amide bonds. The van der Waals surface area contributed by atoms with E-state index >= 15 is 0 Å². The van der Waals surface area contributed by atoms with E-state index in [0.29, 0.717) is 17.8 Å². The zero-order valence-corrected chi connectivity index (χ0v) is 19.4. The Balaban J connectivity index is 3.10. The lowest BCUT2D eigenvalue weighted by atomic mass is 9.55. The van der Waals surface area contributed by atoms with Crippen molar-refractivity contribution in [2.24, 2.45) is 21.7 Å². The van der Waals surface area contributed by atoms with E-state index in [1.54, 1.807) is 0 Å². The van der Waals surface area contributed by atoms with E-state index in [9.17, 15) is 0 Å². The lowest BCUT2D eigenvalue weighted by Crippen LogP contribution is -2.40. The van der Waals surface area contributed by atoms with Crippen LogP contribution in [0, 0.1) is 33.0 Å². The maximum Gasteiger partial charge on any atom is 0.0621 e. The maximum atomic E-state index is 8.94. The van der Waals surface area contributed by atoms with Crippen LogP contribution in [0.5, 0.6) is 0 Å². The molecule has 0 heterocycles. The van der Waals surface area contributed by atoms with E-state index in [1.807, 2.05) is 0 Å². The highest BCUT2D eigenvalue weighted by atomic mass is 14.5. The molecule has 1 atom stereocenters. The van der Waals surface area contributed by atoms with Crippen molar-refractivity contribution < 1.29 is 0 Å². The predicted octanol–water partition coefficient (Wildman–Crippen LogP) is 8.37. The summed E-state index contributed by atoms with van der Waals surface area (Å²) in [6, 6.07) is 13.4. The van der Waals surface area contributed by atoms with Crippen LogP contribution in [-0.2, 0) is 0 Å². The van der Waals surface area contributed by atoms with Gasteiger partial charge in [-0.15, -0.1) is 0 Å². The molecular weight excluding hydrogens is 326 g/mol. The normalized spacial score (nSPS) is 14.7. The van der Waals surface area contributed by atoms with Crippen LogP contribution in [0.4, 0.5) is 0 Å². The van der Waals surface area contributed by atoms with Crippen molar-refractivity contribution in [1.29, 1.82) is 5.26 Å². The molecule has 0 aromatic heterocycles. The summed E-state index contributed by atoms with van der Waals surface area (Å²) >= 11 is 0. The number of hydrogen-bond acceptors (Lipinski definition) is 1. The molecule has 1 rings (SSSR count). The third-order valence-electron chi connectivity index (χ3n) is 6.97. The summed E-state index contributed by atoms with van der Waals surface area (Å²) in [4.78, 5) is 0. The Morgan fingerprint density at radius 1 is 0.815 bits per heavy atom. The smallest absolute Gasteiger partial charge is 0.0621 e. The van der Waals surface area contributed by atoms with Gasteiger partial charge in [0.2, 0.25) is 0 Å². The van der Waals surface area contributed by atoms with Gasteiger partial charge in [0.1, 0.15) is 0 Å². The van der Waals surface area contributed by atoms with Gasteiger partial charge in [-0.2, -0.15) is 5.26 Å². The van der Waals surface area contributed by atoms with Crippen LogP contribution in [0.15, 0.2) is 30.3 Å². The van der Waals surface area contributed by atoms with E-state index in [1.165, 1.54) is 24.8 Å². The average Bonchev–Trinajstić information content (AvgIpc) is 2.56. The fraction of sp³-hybridized carbons (Fsp3) is 0.731. The topological polar surface area (TPSA) is 23.8 Å². The zero-order chi connectivity index (χ0) is 20.9. The SMILES string of the molecule is CC(C)(C)CC(c1ccccc1)C(C)(C)C(C)(C)CCC(C)(C)CCC#N. The molecule has 0 aliphatic carbocycles. The Kier molecular flexibility index (Phi) is 7.75. The van der Waals surface area contributed by atoms with E-state index in [0.717, 1.165) is 6.42 Å². The highest BCUT2D eigenvalue weighted by molar-refractivity contribution is 5.23. The number of hydrogen-bond donors (Lipinski definition) is 0. The summed E-state index contributed by atoms with van der Waals surface area (Å²) in [6.45, 7) is 21.6. The number of nitriles is 1. The van der Waals surface area contributed by atoms with Gasteiger partial charge < -0.3 is 0 Å². The molecule has 1 aromatic rings.